The van der Waals surface area contributed by atoms with Crippen LogP contribution in [-0.2, 0) is 18.4 Å². The van der Waals surface area contributed by atoms with E-state index < -0.39 is 26.6 Å². The molecule has 0 saturated carbocycles. The molecule has 0 aliphatic rings. The first-order chi connectivity index (χ1) is 26.0. The minimum Gasteiger partial charge on any atom is -0.756 e. The number of carbonyl (C=O) groups excluding carboxylic acids is 1. The molecule has 0 fully saturated rings. The maximum Gasteiger partial charge on any atom is 0.268 e. The van der Waals surface area contributed by atoms with E-state index in [2.05, 4.69) is 31.3 Å². The molecule has 0 aliphatic heterocycles. The lowest BCUT2D eigenvalue weighted by Gasteiger charge is -2.29. The van der Waals surface area contributed by atoms with Crippen LogP contribution in [0.25, 0.3) is 0 Å². The van der Waals surface area contributed by atoms with E-state index in [0.29, 0.717) is 17.4 Å². The van der Waals surface area contributed by atoms with E-state index in [1.165, 1.54) is 148 Å². The van der Waals surface area contributed by atoms with E-state index in [-0.39, 0.29) is 12.5 Å². The van der Waals surface area contributed by atoms with E-state index in [1.54, 1.807) is 6.08 Å². The lowest BCUT2D eigenvalue weighted by molar-refractivity contribution is -0.870. The van der Waals surface area contributed by atoms with Crippen molar-refractivity contribution in [3.63, 3.8) is 0 Å². The minimum absolute atomic E-state index is 0.00601. The van der Waals surface area contributed by atoms with Gasteiger partial charge in [-0.05, 0) is 32.1 Å². The predicted molar refractivity (Wildman–Crippen MR) is 228 cm³/mol. The second kappa shape index (κ2) is 37.6. The number of hydrogen-bond donors (Lipinski definition) is 2. The van der Waals surface area contributed by atoms with Crippen LogP contribution in [0.2, 0.25) is 0 Å². The summed E-state index contributed by atoms with van der Waals surface area (Å²) < 4.78 is 22.9. The number of nitrogens with zero attached hydrogens (tertiary/aromatic N) is 1. The molecule has 9 heteroatoms. The summed E-state index contributed by atoms with van der Waals surface area (Å²) in [5.74, 6) is -0.232. The number of nitrogens with one attached hydrogen (secondary N) is 1. The van der Waals surface area contributed by atoms with Gasteiger partial charge in [-0.3, -0.25) is 9.36 Å². The molecular formula is C45H89N2O6P. The van der Waals surface area contributed by atoms with E-state index in [9.17, 15) is 19.4 Å². The summed E-state index contributed by atoms with van der Waals surface area (Å²) in [7, 11) is 1.24. The van der Waals surface area contributed by atoms with Gasteiger partial charge in [-0.1, -0.05) is 192 Å². The number of rotatable bonds is 41. The molecule has 320 valence electrons. The van der Waals surface area contributed by atoms with E-state index in [1.807, 2.05) is 27.2 Å². The van der Waals surface area contributed by atoms with Gasteiger partial charge in [-0.2, -0.15) is 0 Å². The molecule has 0 aromatic heterocycles. The smallest absolute Gasteiger partial charge is 0.268 e. The van der Waals surface area contributed by atoms with Crippen LogP contribution in [0.4, 0.5) is 0 Å². The van der Waals surface area contributed by atoms with Gasteiger partial charge in [-0.15, -0.1) is 0 Å². The van der Waals surface area contributed by atoms with Gasteiger partial charge >= 0.3 is 0 Å². The Morgan fingerprint density at radius 3 is 1.50 bits per heavy atom. The molecular weight excluding hydrogens is 695 g/mol. The Balaban J connectivity index is 3.92. The molecule has 0 radical (unpaired) electrons. The van der Waals surface area contributed by atoms with Gasteiger partial charge in [0.05, 0.1) is 39.9 Å². The van der Waals surface area contributed by atoms with Gasteiger partial charge in [-0.25, -0.2) is 0 Å². The highest BCUT2D eigenvalue weighted by Gasteiger charge is 2.23. The third kappa shape index (κ3) is 39.2. The minimum atomic E-state index is -4.57. The Morgan fingerprint density at radius 2 is 1.04 bits per heavy atom. The molecule has 3 unspecified atom stereocenters. The molecule has 0 bridgehead atoms. The molecule has 0 aliphatic carbocycles. The summed E-state index contributed by atoms with van der Waals surface area (Å²) in [5.41, 5.74) is 0. The average molecular weight is 785 g/mol. The van der Waals surface area contributed by atoms with Crippen LogP contribution in [0.15, 0.2) is 24.3 Å². The summed E-state index contributed by atoms with van der Waals surface area (Å²) in [5, 5.41) is 13.5. The molecule has 0 saturated heterocycles. The second-order valence-electron chi connectivity index (χ2n) is 16.8. The monoisotopic (exact) mass is 785 g/mol. The molecule has 8 nitrogen and oxygen atoms in total. The van der Waals surface area contributed by atoms with Crippen LogP contribution in [0.1, 0.15) is 206 Å². The van der Waals surface area contributed by atoms with Gasteiger partial charge < -0.3 is 28.8 Å². The number of phosphoric acid groups is 1. The number of amides is 1. The number of phosphoric ester groups is 1. The summed E-state index contributed by atoms with van der Waals surface area (Å²) in [4.78, 5) is 24.7. The summed E-state index contributed by atoms with van der Waals surface area (Å²) >= 11 is 0. The Labute approximate surface area is 334 Å². The van der Waals surface area contributed by atoms with Crippen LogP contribution in [0.3, 0.4) is 0 Å². The fourth-order valence-corrected chi connectivity index (χ4v) is 7.24. The van der Waals surface area contributed by atoms with Crippen LogP contribution in [-0.4, -0.2) is 68.5 Å². The van der Waals surface area contributed by atoms with Crippen molar-refractivity contribution in [2.24, 2.45) is 0 Å². The maximum absolute atomic E-state index is 12.5. The number of carbonyl (C=O) groups is 1. The summed E-state index contributed by atoms with van der Waals surface area (Å²) in [6, 6.07) is -0.894. The number of unbranched alkanes of at least 4 members (excludes halogenated alkanes) is 26. The van der Waals surface area contributed by atoms with Crippen LogP contribution in [0.5, 0.6) is 0 Å². The number of hydrogen-bond acceptors (Lipinski definition) is 6. The zero-order valence-corrected chi connectivity index (χ0v) is 37.1. The number of quaternary nitrogens is 1. The van der Waals surface area contributed by atoms with Crippen LogP contribution in [0, 0.1) is 0 Å². The molecule has 0 rings (SSSR count). The van der Waals surface area contributed by atoms with Crippen molar-refractivity contribution in [1.82, 2.24) is 5.32 Å². The van der Waals surface area contributed by atoms with Gasteiger partial charge in [0.15, 0.2) is 0 Å². The average Bonchev–Trinajstić information content (AvgIpc) is 3.12. The van der Waals surface area contributed by atoms with Crippen molar-refractivity contribution < 1.29 is 32.9 Å². The highest BCUT2D eigenvalue weighted by Crippen LogP contribution is 2.38. The first-order valence-corrected chi connectivity index (χ1v) is 24.2. The number of allylic oxidation sites excluding steroid dienone is 3. The fraction of sp³-hybridized carbons (Fsp3) is 0.889. The fourth-order valence-electron chi connectivity index (χ4n) is 6.52. The van der Waals surface area contributed by atoms with Crippen molar-refractivity contribution in [2.75, 3.05) is 40.9 Å². The van der Waals surface area contributed by atoms with Gasteiger partial charge in [0.2, 0.25) is 5.91 Å². The summed E-state index contributed by atoms with van der Waals surface area (Å²) in [6.45, 7) is 4.45. The number of aliphatic hydroxyl groups excluding tert-OH is 1. The summed E-state index contributed by atoms with van der Waals surface area (Å²) in [6.07, 6.45) is 44.9. The molecule has 0 aromatic carbocycles. The lowest BCUT2D eigenvalue weighted by Crippen LogP contribution is -2.45. The maximum atomic E-state index is 12.5. The zero-order chi connectivity index (χ0) is 40.0. The molecule has 3 atom stereocenters. The molecule has 54 heavy (non-hydrogen) atoms. The third-order valence-electron chi connectivity index (χ3n) is 10.2. The Bertz CT molecular complexity index is 938. The van der Waals surface area contributed by atoms with Gasteiger partial charge in [0, 0.05) is 6.42 Å². The Hall–Kier alpha value is -1.02. The quantitative estimate of drug-likeness (QED) is 0.0277. The van der Waals surface area contributed by atoms with Crippen molar-refractivity contribution in [1.29, 1.82) is 0 Å². The zero-order valence-electron chi connectivity index (χ0n) is 36.2. The third-order valence-corrected chi connectivity index (χ3v) is 11.1. The number of aliphatic hydroxyl groups is 1. The molecule has 0 aromatic rings. The van der Waals surface area contributed by atoms with Crippen molar-refractivity contribution in [3.8, 4) is 0 Å². The normalized spacial score (nSPS) is 14.6. The highest BCUT2D eigenvalue weighted by molar-refractivity contribution is 7.45. The largest absolute Gasteiger partial charge is 0.756 e. The van der Waals surface area contributed by atoms with Crippen LogP contribution >= 0.6 is 7.82 Å². The predicted octanol–water partition coefficient (Wildman–Crippen LogP) is 11.9. The molecule has 2 N–H and O–H groups in total. The Morgan fingerprint density at radius 1 is 0.630 bits per heavy atom. The van der Waals surface area contributed by atoms with Gasteiger partial charge in [0.25, 0.3) is 7.82 Å². The van der Waals surface area contributed by atoms with Crippen LogP contribution < -0.4 is 10.2 Å². The van der Waals surface area contributed by atoms with E-state index >= 15 is 0 Å². The second-order valence-corrected chi connectivity index (χ2v) is 18.2. The van der Waals surface area contributed by atoms with Gasteiger partial charge in [0.1, 0.15) is 13.2 Å². The Kier molecular flexibility index (Phi) is 36.8. The molecule has 1 amide bonds. The molecule has 0 spiro atoms. The first kappa shape index (κ1) is 53.0. The molecule has 0 heterocycles. The van der Waals surface area contributed by atoms with Crippen molar-refractivity contribution in [2.45, 2.75) is 219 Å². The van der Waals surface area contributed by atoms with E-state index in [4.69, 9.17) is 9.05 Å². The first-order valence-electron chi connectivity index (χ1n) is 22.7. The number of likely N-dealkylation sites (N-methyl/N-ethyl adjacent to an activating group) is 1. The van der Waals surface area contributed by atoms with Crippen molar-refractivity contribution >= 4 is 13.7 Å². The van der Waals surface area contributed by atoms with E-state index in [0.717, 1.165) is 38.5 Å². The van der Waals surface area contributed by atoms with Crippen molar-refractivity contribution in [3.05, 3.63) is 24.3 Å². The highest BCUT2D eigenvalue weighted by atomic mass is 31.2. The SMILES string of the molecule is CCCCCCCCCCCCCCCCCCCCCCCCC/C=C/CC/C=C/C(O)C(COP(=O)([O-])OCC[N+](C)(C)C)NC(=O)CCCCC. The topological polar surface area (TPSA) is 108 Å². The lowest BCUT2D eigenvalue weighted by atomic mass is 10.0. The standard InChI is InChI=1S/C45H89N2O6P/c1-6-8-10-11-12-13-14-15-16-17-18-19-20-21-22-23-24-25-26-27-28-29-30-31-32-33-34-35-37-38-44(48)43(46-45(49)39-36-9-7-2)42-53-54(50,51)52-41-40-47(3,4)5/h32-33,37-38,43-44,48H,6-31,34-36,39-42H2,1-5H3,(H-,46,49,50,51)/b33-32+,38-37+.